The van der Waals surface area contributed by atoms with E-state index >= 15 is 0 Å². The van der Waals surface area contributed by atoms with E-state index in [-0.39, 0.29) is 23.8 Å². The van der Waals surface area contributed by atoms with Crippen molar-refractivity contribution in [3.63, 3.8) is 0 Å². The number of aliphatic hydroxyl groups is 1. The Morgan fingerprint density at radius 1 is 1.39 bits per heavy atom. The van der Waals surface area contributed by atoms with E-state index in [2.05, 4.69) is 10.3 Å². The average Bonchev–Trinajstić information content (AvgIpc) is 2.93. The number of thioether (sulfide) groups is 1. The SMILES string of the molecule is CNC(=O)C([C@H](O)[C@H](C)CC1=NC(C(=O)N(C)C)CS1)N(C)C. The summed E-state index contributed by atoms with van der Waals surface area (Å²) in [5.74, 6) is 0.286. The van der Waals surface area contributed by atoms with Crippen LogP contribution >= 0.6 is 11.8 Å². The molecule has 2 N–H and O–H groups in total. The van der Waals surface area contributed by atoms with E-state index in [1.54, 1.807) is 56.8 Å². The molecule has 7 nitrogen and oxygen atoms in total. The van der Waals surface area contributed by atoms with Crippen LogP contribution in [-0.2, 0) is 9.59 Å². The van der Waals surface area contributed by atoms with Gasteiger partial charge < -0.3 is 15.3 Å². The highest BCUT2D eigenvalue weighted by Gasteiger charge is 2.34. The quantitative estimate of drug-likeness (QED) is 0.659. The van der Waals surface area contributed by atoms with Crippen molar-refractivity contribution in [2.75, 3.05) is 41.0 Å². The Balaban J connectivity index is 2.71. The van der Waals surface area contributed by atoms with Gasteiger partial charge in [-0.2, -0.15) is 0 Å². The molecule has 4 atom stereocenters. The molecule has 1 aliphatic heterocycles. The molecule has 1 rings (SSSR count). The summed E-state index contributed by atoms with van der Waals surface area (Å²) in [6.07, 6.45) is -0.249. The van der Waals surface area contributed by atoms with Crippen LogP contribution in [0.25, 0.3) is 0 Å². The van der Waals surface area contributed by atoms with Crippen molar-refractivity contribution in [2.24, 2.45) is 10.9 Å². The molecule has 0 aromatic rings. The molecular formula is C15H28N4O3S. The summed E-state index contributed by atoms with van der Waals surface area (Å²) < 4.78 is 0. The van der Waals surface area contributed by atoms with E-state index < -0.39 is 12.1 Å². The molecule has 23 heavy (non-hydrogen) atoms. The molecule has 0 aliphatic carbocycles. The molecule has 0 bridgehead atoms. The number of nitrogens with one attached hydrogen (secondary N) is 1. The zero-order valence-corrected chi connectivity index (χ0v) is 15.6. The lowest BCUT2D eigenvalue weighted by Gasteiger charge is -2.31. The Bertz CT molecular complexity index is 468. The third-order valence-electron chi connectivity index (χ3n) is 3.91. The van der Waals surface area contributed by atoms with Crippen LogP contribution in [0.5, 0.6) is 0 Å². The van der Waals surface area contributed by atoms with Crippen LogP contribution in [0.4, 0.5) is 0 Å². The predicted octanol–water partition coefficient (Wildman–Crippen LogP) is -0.348. The van der Waals surface area contributed by atoms with Gasteiger partial charge in [0.25, 0.3) is 0 Å². The van der Waals surface area contributed by atoms with Gasteiger partial charge in [0.2, 0.25) is 11.8 Å². The van der Waals surface area contributed by atoms with E-state index in [0.717, 1.165) is 5.04 Å². The first-order valence-electron chi connectivity index (χ1n) is 7.65. The van der Waals surface area contributed by atoms with E-state index in [1.807, 2.05) is 6.92 Å². The van der Waals surface area contributed by atoms with Gasteiger partial charge in [-0.3, -0.25) is 19.5 Å². The molecule has 0 saturated heterocycles. The highest BCUT2D eigenvalue weighted by molar-refractivity contribution is 8.14. The third-order valence-corrected chi connectivity index (χ3v) is 5.00. The van der Waals surface area contributed by atoms with Crippen molar-refractivity contribution < 1.29 is 14.7 Å². The fourth-order valence-electron chi connectivity index (χ4n) is 2.51. The second-order valence-electron chi connectivity index (χ2n) is 6.28. The molecular weight excluding hydrogens is 316 g/mol. The van der Waals surface area contributed by atoms with Crippen LogP contribution in [0.2, 0.25) is 0 Å². The van der Waals surface area contributed by atoms with Gasteiger partial charge in [-0.1, -0.05) is 6.92 Å². The summed E-state index contributed by atoms with van der Waals surface area (Å²) in [5.41, 5.74) is 0. The van der Waals surface area contributed by atoms with Gasteiger partial charge in [0, 0.05) is 33.3 Å². The number of rotatable bonds is 7. The second kappa shape index (κ2) is 8.65. The number of likely N-dealkylation sites (N-methyl/N-ethyl adjacent to an activating group) is 3. The Hall–Kier alpha value is -1.12. The van der Waals surface area contributed by atoms with Crippen LogP contribution in [0.1, 0.15) is 13.3 Å². The van der Waals surface area contributed by atoms with Gasteiger partial charge in [0.1, 0.15) is 12.1 Å². The van der Waals surface area contributed by atoms with Gasteiger partial charge in [-0.25, -0.2) is 0 Å². The molecule has 0 aromatic carbocycles. The van der Waals surface area contributed by atoms with Crippen LogP contribution in [0, 0.1) is 5.92 Å². The number of hydrogen-bond acceptors (Lipinski definition) is 6. The first-order chi connectivity index (χ1) is 10.7. The lowest BCUT2D eigenvalue weighted by atomic mass is 9.94. The summed E-state index contributed by atoms with van der Waals surface area (Å²) in [7, 11) is 8.54. The van der Waals surface area contributed by atoms with Crippen molar-refractivity contribution >= 4 is 28.6 Å². The van der Waals surface area contributed by atoms with Gasteiger partial charge in [-0.15, -0.1) is 11.8 Å². The molecule has 1 aliphatic rings. The largest absolute Gasteiger partial charge is 0.391 e. The first kappa shape index (κ1) is 19.9. The summed E-state index contributed by atoms with van der Waals surface area (Å²) in [4.78, 5) is 31.6. The van der Waals surface area contributed by atoms with Crippen LogP contribution in [0.15, 0.2) is 4.99 Å². The number of nitrogens with zero attached hydrogens (tertiary/aromatic N) is 3. The van der Waals surface area contributed by atoms with Crippen molar-refractivity contribution in [1.29, 1.82) is 0 Å². The number of aliphatic imine (C=N–C) groups is 1. The molecule has 2 unspecified atom stereocenters. The highest BCUT2D eigenvalue weighted by atomic mass is 32.2. The molecule has 0 aromatic heterocycles. The normalized spacial score (nSPS) is 21.6. The Morgan fingerprint density at radius 3 is 2.48 bits per heavy atom. The second-order valence-corrected chi connectivity index (χ2v) is 7.37. The summed E-state index contributed by atoms with van der Waals surface area (Å²) in [6, 6.07) is -0.945. The fraction of sp³-hybridized carbons (Fsp3) is 0.800. The zero-order chi connectivity index (χ0) is 17.7. The van der Waals surface area contributed by atoms with Crippen molar-refractivity contribution in [1.82, 2.24) is 15.1 Å². The summed E-state index contributed by atoms with van der Waals surface area (Å²) >= 11 is 1.55. The average molecular weight is 344 g/mol. The lowest BCUT2D eigenvalue weighted by Crippen LogP contribution is -2.52. The van der Waals surface area contributed by atoms with Crippen LogP contribution in [-0.4, -0.2) is 90.9 Å². The molecule has 0 radical (unpaired) electrons. The minimum Gasteiger partial charge on any atom is -0.391 e. The van der Waals surface area contributed by atoms with Gasteiger partial charge in [-0.05, 0) is 20.0 Å². The maximum Gasteiger partial charge on any atom is 0.247 e. The van der Waals surface area contributed by atoms with E-state index in [0.29, 0.717) is 12.2 Å². The summed E-state index contributed by atoms with van der Waals surface area (Å²) in [5, 5.41) is 14.0. The van der Waals surface area contributed by atoms with Crippen molar-refractivity contribution in [3.8, 4) is 0 Å². The smallest absolute Gasteiger partial charge is 0.247 e. The number of aliphatic hydroxyl groups excluding tert-OH is 1. The summed E-state index contributed by atoms with van der Waals surface area (Å²) in [6.45, 7) is 1.90. The molecule has 0 saturated carbocycles. The lowest BCUT2D eigenvalue weighted by molar-refractivity contribution is -0.130. The zero-order valence-electron chi connectivity index (χ0n) is 14.7. The maximum absolute atomic E-state index is 12.0. The van der Waals surface area contributed by atoms with E-state index in [1.165, 1.54) is 0 Å². The van der Waals surface area contributed by atoms with Gasteiger partial charge in [0.15, 0.2) is 0 Å². The number of hydrogen-bond donors (Lipinski definition) is 2. The van der Waals surface area contributed by atoms with Crippen molar-refractivity contribution in [3.05, 3.63) is 0 Å². The predicted molar refractivity (Wildman–Crippen MR) is 93.7 cm³/mol. The number of amides is 2. The maximum atomic E-state index is 12.0. The minimum atomic E-state index is -0.808. The van der Waals surface area contributed by atoms with E-state index in [4.69, 9.17) is 0 Å². The van der Waals surface area contributed by atoms with Gasteiger partial charge in [0.05, 0.1) is 11.1 Å². The molecule has 0 spiro atoms. The Kier molecular flexibility index (Phi) is 7.50. The minimum absolute atomic E-state index is 0.00256. The third kappa shape index (κ3) is 5.19. The first-order valence-corrected chi connectivity index (χ1v) is 8.64. The van der Waals surface area contributed by atoms with E-state index in [9.17, 15) is 14.7 Å². The molecule has 132 valence electrons. The molecule has 2 amide bonds. The van der Waals surface area contributed by atoms with Gasteiger partial charge >= 0.3 is 0 Å². The highest BCUT2D eigenvalue weighted by Crippen LogP contribution is 2.26. The molecule has 0 fully saturated rings. The van der Waals surface area contributed by atoms with Crippen LogP contribution in [0.3, 0.4) is 0 Å². The Labute approximate surface area is 142 Å². The Morgan fingerprint density at radius 2 is 2.00 bits per heavy atom. The monoisotopic (exact) mass is 344 g/mol. The topological polar surface area (TPSA) is 85.2 Å². The van der Waals surface area contributed by atoms with Crippen LogP contribution < -0.4 is 5.32 Å². The standard InChI is InChI=1S/C15H28N4O3S/c1-9(13(20)12(18(3)4)14(21)16-2)7-11-17-10(8-23-11)15(22)19(5)6/h9-10,12-13,20H,7-8H2,1-6H3,(H,16,21)/t9-,10?,12?,13-/m1/s1. The molecule has 8 heteroatoms. The van der Waals surface area contributed by atoms with Crippen molar-refractivity contribution in [2.45, 2.75) is 31.5 Å². The molecule has 1 heterocycles. The fourth-order valence-corrected chi connectivity index (χ4v) is 3.66. The number of carbonyl (C=O) groups excluding carboxylic acids is 2. The number of carbonyl (C=O) groups is 2.